The molecule has 2 unspecified atom stereocenters. The summed E-state index contributed by atoms with van der Waals surface area (Å²) in [6.07, 6.45) is 2.21. The highest BCUT2D eigenvalue weighted by Gasteiger charge is 2.25. The molecular weight excluding hydrogens is 234 g/mol. The summed E-state index contributed by atoms with van der Waals surface area (Å²) in [6.45, 7) is 3.28. The fraction of sp³-hybridized carbons (Fsp3) is 0.615. The Morgan fingerprint density at radius 3 is 3.18 bits per heavy atom. The summed E-state index contributed by atoms with van der Waals surface area (Å²) in [7, 11) is 0. The van der Waals surface area contributed by atoms with Crippen LogP contribution in [-0.2, 0) is 11.2 Å². The maximum atomic E-state index is 12.2. The predicted molar refractivity (Wildman–Crippen MR) is 69.0 cm³/mol. The minimum atomic E-state index is -0.332. The van der Waals surface area contributed by atoms with Crippen molar-refractivity contribution in [3.05, 3.63) is 22.4 Å². The van der Waals surface area contributed by atoms with Crippen molar-refractivity contribution in [3.8, 4) is 0 Å². The van der Waals surface area contributed by atoms with Gasteiger partial charge in [-0.1, -0.05) is 13.0 Å². The number of β-amino-alcohol motifs (C(OH)–C–C–N with tert-alkyl or cyclic N) is 1. The van der Waals surface area contributed by atoms with Gasteiger partial charge in [0.1, 0.15) is 0 Å². The Labute approximate surface area is 106 Å². The predicted octanol–water partition coefficient (Wildman–Crippen LogP) is 1.91. The molecule has 2 heterocycles. The van der Waals surface area contributed by atoms with Gasteiger partial charge < -0.3 is 10.0 Å². The van der Waals surface area contributed by atoms with E-state index in [2.05, 4.69) is 6.07 Å². The van der Waals surface area contributed by atoms with Gasteiger partial charge in [-0.05, 0) is 30.7 Å². The molecule has 0 spiro atoms. The van der Waals surface area contributed by atoms with Gasteiger partial charge in [-0.2, -0.15) is 0 Å². The lowest BCUT2D eigenvalue weighted by Crippen LogP contribution is -2.44. The van der Waals surface area contributed by atoms with Gasteiger partial charge in [0.2, 0.25) is 5.91 Å². The molecule has 0 saturated carbocycles. The maximum absolute atomic E-state index is 12.2. The molecule has 1 aliphatic heterocycles. The van der Waals surface area contributed by atoms with Crippen molar-refractivity contribution >= 4 is 17.2 Å². The highest BCUT2D eigenvalue weighted by molar-refractivity contribution is 7.09. The molecule has 2 rings (SSSR count). The Morgan fingerprint density at radius 1 is 1.71 bits per heavy atom. The van der Waals surface area contributed by atoms with Crippen molar-refractivity contribution in [2.45, 2.75) is 32.3 Å². The molecule has 0 aromatic carbocycles. The minimum absolute atomic E-state index is 0.0129. The monoisotopic (exact) mass is 253 g/mol. The van der Waals surface area contributed by atoms with Crippen LogP contribution in [0.2, 0.25) is 0 Å². The molecular formula is C13H19NO2S. The summed E-state index contributed by atoms with van der Waals surface area (Å²) in [5.41, 5.74) is 0. The Balaban J connectivity index is 1.90. The van der Waals surface area contributed by atoms with E-state index in [1.807, 2.05) is 23.3 Å². The van der Waals surface area contributed by atoms with Crippen LogP contribution < -0.4 is 0 Å². The molecule has 1 aromatic heterocycles. The van der Waals surface area contributed by atoms with Crippen LogP contribution in [0.15, 0.2) is 17.5 Å². The van der Waals surface area contributed by atoms with E-state index in [9.17, 15) is 9.90 Å². The summed E-state index contributed by atoms with van der Waals surface area (Å²) < 4.78 is 0. The Morgan fingerprint density at radius 2 is 2.53 bits per heavy atom. The van der Waals surface area contributed by atoms with Gasteiger partial charge in [0.15, 0.2) is 0 Å². The van der Waals surface area contributed by atoms with Gasteiger partial charge in [0.05, 0.1) is 6.10 Å². The number of carbonyl (C=O) groups excluding carboxylic acids is 1. The first kappa shape index (κ1) is 12.6. The van der Waals surface area contributed by atoms with E-state index >= 15 is 0 Å². The fourth-order valence-corrected chi connectivity index (χ4v) is 3.12. The van der Waals surface area contributed by atoms with Gasteiger partial charge >= 0.3 is 0 Å². The number of rotatable bonds is 3. The molecule has 0 bridgehead atoms. The molecule has 1 aromatic rings. The first-order valence-corrected chi connectivity index (χ1v) is 7.04. The summed E-state index contributed by atoms with van der Waals surface area (Å²) >= 11 is 1.70. The van der Waals surface area contributed by atoms with Gasteiger partial charge in [-0.25, -0.2) is 0 Å². The van der Waals surface area contributed by atoms with Crippen LogP contribution in [0.5, 0.6) is 0 Å². The molecule has 3 nitrogen and oxygen atoms in total. The van der Waals surface area contributed by atoms with Crippen molar-refractivity contribution in [1.82, 2.24) is 4.90 Å². The zero-order valence-electron chi connectivity index (χ0n) is 10.1. The lowest BCUT2D eigenvalue weighted by molar-refractivity contribution is -0.138. The van der Waals surface area contributed by atoms with E-state index in [-0.39, 0.29) is 17.9 Å². The number of likely N-dealkylation sites (tertiary alicyclic amines) is 1. The van der Waals surface area contributed by atoms with Crippen molar-refractivity contribution in [2.24, 2.45) is 5.92 Å². The molecule has 1 fully saturated rings. The van der Waals surface area contributed by atoms with E-state index in [1.165, 1.54) is 4.88 Å². The third-order valence-electron chi connectivity index (χ3n) is 3.22. The molecule has 0 radical (unpaired) electrons. The standard InChI is InChI=1S/C13H19NO2S/c1-10(8-12-5-3-7-17-12)13(16)14-6-2-4-11(15)9-14/h3,5,7,10-11,15H,2,4,6,8-9H2,1H3. The number of aliphatic hydroxyl groups excluding tert-OH is 1. The van der Waals surface area contributed by atoms with Gasteiger partial charge in [-0.15, -0.1) is 11.3 Å². The van der Waals surface area contributed by atoms with E-state index < -0.39 is 0 Å². The van der Waals surface area contributed by atoms with Crippen molar-refractivity contribution in [3.63, 3.8) is 0 Å². The quantitative estimate of drug-likeness (QED) is 0.894. The van der Waals surface area contributed by atoms with Crippen molar-refractivity contribution in [1.29, 1.82) is 0 Å². The molecule has 1 aliphatic rings. The number of carbonyl (C=O) groups is 1. The molecule has 4 heteroatoms. The van der Waals surface area contributed by atoms with Gasteiger partial charge in [0.25, 0.3) is 0 Å². The third-order valence-corrected chi connectivity index (χ3v) is 4.12. The average molecular weight is 253 g/mol. The third kappa shape index (κ3) is 3.30. The zero-order valence-corrected chi connectivity index (χ0v) is 10.9. The number of piperidine rings is 1. The number of hydrogen-bond donors (Lipinski definition) is 1. The van der Waals surface area contributed by atoms with Crippen LogP contribution in [0.25, 0.3) is 0 Å². The molecule has 1 N–H and O–H groups in total. The summed E-state index contributed by atoms with van der Waals surface area (Å²) in [4.78, 5) is 15.3. The first-order chi connectivity index (χ1) is 8.16. The molecule has 1 amide bonds. The van der Waals surface area contributed by atoms with Crippen molar-refractivity contribution in [2.75, 3.05) is 13.1 Å². The number of aliphatic hydroxyl groups is 1. The van der Waals surface area contributed by atoms with Gasteiger partial charge in [-0.3, -0.25) is 4.79 Å². The zero-order chi connectivity index (χ0) is 12.3. The van der Waals surface area contributed by atoms with Crippen LogP contribution >= 0.6 is 11.3 Å². The van der Waals surface area contributed by atoms with Crippen LogP contribution in [0, 0.1) is 5.92 Å². The van der Waals surface area contributed by atoms with E-state index in [0.717, 1.165) is 25.8 Å². The Hall–Kier alpha value is -0.870. The molecule has 1 saturated heterocycles. The second kappa shape index (κ2) is 5.65. The second-order valence-electron chi connectivity index (χ2n) is 4.76. The van der Waals surface area contributed by atoms with E-state index in [1.54, 1.807) is 11.3 Å². The smallest absolute Gasteiger partial charge is 0.225 e. The number of thiophene rings is 1. The lowest BCUT2D eigenvalue weighted by Gasteiger charge is -2.32. The highest BCUT2D eigenvalue weighted by Crippen LogP contribution is 2.18. The van der Waals surface area contributed by atoms with Crippen LogP contribution in [0.3, 0.4) is 0 Å². The summed E-state index contributed by atoms with van der Waals surface area (Å²) in [5.74, 6) is 0.191. The fourth-order valence-electron chi connectivity index (χ4n) is 2.28. The summed E-state index contributed by atoms with van der Waals surface area (Å²) in [6, 6.07) is 4.08. The maximum Gasteiger partial charge on any atom is 0.225 e. The molecule has 2 atom stereocenters. The molecule has 94 valence electrons. The lowest BCUT2D eigenvalue weighted by atomic mass is 10.0. The molecule has 17 heavy (non-hydrogen) atoms. The minimum Gasteiger partial charge on any atom is -0.391 e. The van der Waals surface area contributed by atoms with Crippen molar-refractivity contribution < 1.29 is 9.90 Å². The van der Waals surface area contributed by atoms with Crippen LogP contribution in [0.1, 0.15) is 24.6 Å². The van der Waals surface area contributed by atoms with E-state index in [4.69, 9.17) is 0 Å². The highest BCUT2D eigenvalue weighted by atomic mass is 32.1. The topological polar surface area (TPSA) is 40.5 Å². The van der Waals surface area contributed by atoms with E-state index in [0.29, 0.717) is 6.54 Å². The number of nitrogens with zero attached hydrogens (tertiary/aromatic N) is 1. The van der Waals surface area contributed by atoms with Crippen LogP contribution in [0.4, 0.5) is 0 Å². The first-order valence-electron chi connectivity index (χ1n) is 6.16. The summed E-state index contributed by atoms with van der Waals surface area (Å²) in [5, 5.41) is 11.6. The Bertz CT molecular complexity index is 364. The molecule has 0 aliphatic carbocycles. The Kier molecular flexibility index (Phi) is 4.18. The normalized spacial score (nSPS) is 22.5. The second-order valence-corrected chi connectivity index (χ2v) is 5.80. The number of hydrogen-bond acceptors (Lipinski definition) is 3. The van der Waals surface area contributed by atoms with Gasteiger partial charge in [0, 0.05) is 23.9 Å². The average Bonchev–Trinajstić information content (AvgIpc) is 2.80. The SMILES string of the molecule is CC(Cc1cccs1)C(=O)N1CCCC(O)C1. The largest absolute Gasteiger partial charge is 0.391 e. The van der Waals surface area contributed by atoms with Crippen LogP contribution in [-0.4, -0.2) is 35.1 Å². The number of amides is 1.